The van der Waals surface area contributed by atoms with Crippen molar-refractivity contribution >= 4 is 16.6 Å². The maximum Gasteiger partial charge on any atom is 0.135 e. The summed E-state index contributed by atoms with van der Waals surface area (Å²) in [6.07, 6.45) is 5.46. The van der Waals surface area contributed by atoms with Gasteiger partial charge in [-0.15, -0.1) is 10.2 Å². The number of pyridine rings is 1. The van der Waals surface area contributed by atoms with E-state index in [1.165, 1.54) is 0 Å². The van der Waals surface area contributed by atoms with Gasteiger partial charge in [-0.3, -0.25) is 4.98 Å². The van der Waals surface area contributed by atoms with Gasteiger partial charge in [0.15, 0.2) is 0 Å². The van der Waals surface area contributed by atoms with Crippen LogP contribution in [0.5, 0.6) is 0 Å². The van der Waals surface area contributed by atoms with Crippen LogP contribution in [0.3, 0.4) is 0 Å². The van der Waals surface area contributed by atoms with Gasteiger partial charge in [0.1, 0.15) is 18.2 Å². The summed E-state index contributed by atoms with van der Waals surface area (Å²) in [5, 5.41) is 18.8. The number of rotatable bonds is 2. The minimum atomic E-state index is 0.424. The summed E-state index contributed by atoms with van der Waals surface area (Å²) in [6.45, 7) is 1.81. The quantitative estimate of drug-likeness (QED) is 0.726. The highest BCUT2D eigenvalue weighted by Crippen LogP contribution is 2.34. The predicted octanol–water partition coefficient (Wildman–Crippen LogP) is 2.62. The molecule has 1 saturated heterocycles. The molecule has 1 aliphatic rings. The van der Waals surface area contributed by atoms with Crippen LogP contribution in [0.25, 0.3) is 10.9 Å². The number of hydrogen-bond acceptors (Lipinski definition) is 5. The first-order chi connectivity index (χ1) is 11.8. The van der Waals surface area contributed by atoms with Gasteiger partial charge >= 0.3 is 0 Å². The van der Waals surface area contributed by atoms with Crippen LogP contribution in [-0.4, -0.2) is 32.8 Å². The first-order valence-corrected chi connectivity index (χ1v) is 8.14. The maximum absolute atomic E-state index is 9.51. The number of anilines is 1. The van der Waals surface area contributed by atoms with Crippen LogP contribution in [0.4, 0.5) is 5.69 Å². The highest BCUT2D eigenvalue weighted by atomic mass is 15.3. The van der Waals surface area contributed by atoms with Crippen LogP contribution < -0.4 is 4.90 Å². The molecule has 0 amide bonds. The minimum absolute atomic E-state index is 0.424. The molecule has 2 aromatic heterocycles. The zero-order chi connectivity index (χ0) is 16.5. The standard InChI is InChI=1S/C18H18N6/c1-23-12-21-22-18(23)13-6-8-24(9-7-13)17-14(10-19)11-20-16-5-3-2-4-15(16)17/h2-5,11-13H,6-9H2,1H3. The number of hydrogen-bond donors (Lipinski definition) is 0. The molecule has 0 aliphatic carbocycles. The van der Waals surface area contributed by atoms with E-state index < -0.39 is 0 Å². The largest absolute Gasteiger partial charge is 0.370 e. The van der Waals surface area contributed by atoms with Crippen molar-refractivity contribution < 1.29 is 0 Å². The van der Waals surface area contributed by atoms with E-state index in [4.69, 9.17) is 0 Å². The van der Waals surface area contributed by atoms with Gasteiger partial charge in [0.05, 0.1) is 16.8 Å². The fourth-order valence-corrected chi connectivity index (χ4v) is 3.57. The molecule has 6 heteroatoms. The highest BCUT2D eigenvalue weighted by molar-refractivity contribution is 5.94. The average molecular weight is 318 g/mol. The van der Waals surface area contributed by atoms with Crippen molar-refractivity contribution in [2.24, 2.45) is 7.05 Å². The summed E-state index contributed by atoms with van der Waals surface area (Å²) in [6, 6.07) is 10.3. The van der Waals surface area contributed by atoms with Gasteiger partial charge in [0, 0.05) is 37.6 Å². The lowest BCUT2D eigenvalue weighted by Crippen LogP contribution is -2.34. The molecular formula is C18H18N6. The molecular weight excluding hydrogens is 300 g/mol. The summed E-state index contributed by atoms with van der Waals surface area (Å²) >= 11 is 0. The Morgan fingerprint density at radius 1 is 1.21 bits per heavy atom. The van der Waals surface area contributed by atoms with Crippen molar-refractivity contribution in [1.29, 1.82) is 5.26 Å². The number of benzene rings is 1. The van der Waals surface area contributed by atoms with Crippen molar-refractivity contribution in [2.75, 3.05) is 18.0 Å². The molecule has 1 fully saturated rings. The topological polar surface area (TPSA) is 70.6 Å². The van der Waals surface area contributed by atoms with Gasteiger partial charge < -0.3 is 9.47 Å². The summed E-state index contributed by atoms with van der Waals surface area (Å²) in [7, 11) is 1.99. The Kier molecular flexibility index (Phi) is 3.62. The van der Waals surface area contributed by atoms with Crippen molar-refractivity contribution in [2.45, 2.75) is 18.8 Å². The lowest BCUT2D eigenvalue weighted by atomic mass is 9.94. The van der Waals surface area contributed by atoms with Gasteiger partial charge in [-0.2, -0.15) is 5.26 Å². The van der Waals surface area contributed by atoms with Gasteiger partial charge in [0.2, 0.25) is 0 Å². The van der Waals surface area contributed by atoms with Gasteiger partial charge in [-0.1, -0.05) is 18.2 Å². The number of nitrogens with zero attached hydrogens (tertiary/aromatic N) is 6. The zero-order valence-corrected chi connectivity index (χ0v) is 13.6. The number of piperidine rings is 1. The van der Waals surface area contributed by atoms with E-state index in [-0.39, 0.29) is 0 Å². The number of para-hydroxylation sites is 1. The molecule has 0 unspecified atom stereocenters. The van der Waals surface area contributed by atoms with E-state index in [0.29, 0.717) is 11.5 Å². The van der Waals surface area contributed by atoms with E-state index in [9.17, 15) is 5.26 Å². The molecule has 1 aromatic carbocycles. The minimum Gasteiger partial charge on any atom is -0.370 e. The Hall–Kier alpha value is -2.94. The monoisotopic (exact) mass is 318 g/mol. The van der Waals surface area contributed by atoms with Crippen LogP contribution in [0.1, 0.15) is 30.1 Å². The number of nitriles is 1. The van der Waals surface area contributed by atoms with Crippen LogP contribution in [0, 0.1) is 11.3 Å². The molecule has 24 heavy (non-hydrogen) atoms. The molecule has 0 N–H and O–H groups in total. The lowest BCUT2D eigenvalue weighted by Gasteiger charge is -2.34. The van der Waals surface area contributed by atoms with E-state index in [1.54, 1.807) is 12.5 Å². The third-order valence-electron chi connectivity index (χ3n) is 4.79. The fraction of sp³-hybridized carbons (Fsp3) is 0.333. The molecule has 3 heterocycles. The van der Waals surface area contributed by atoms with Gasteiger partial charge in [-0.05, 0) is 18.9 Å². The second-order valence-corrected chi connectivity index (χ2v) is 6.21. The molecule has 1 aliphatic heterocycles. The van der Waals surface area contributed by atoms with Crippen molar-refractivity contribution in [3.8, 4) is 6.07 Å². The normalized spacial score (nSPS) is 15.6. The zero-order valence-electron chi connectivity index (χ0n) is 13.6. The van der Waals surface area contributed by atoms with E-state index >= 15 is 0 Å². The summed E-state index contributed by atoms with van der Waals surface area (Å²) in [4.78, 5) is 6.72. The Balaban J connectivity index is 1.65. The molecule has 120 valence electrons. The molecule has 4 rings (SSSR count). The molecule has 6 nitrogen and oxygen atoms in total. The van der Waals surface area contributed by atoms with E-state index in [1.807, 2.05) is 35.9 Å². The molecule has 0 bridgehead atoms. The fourth-order valence-electron chi connectivity index (χ4n) is 3.57. The molecule has 0 saturated carbocycles. The Labute approximate surface area is 140 Å². The summed E-state index contributed by atoms with van der Waals surface area (Å²) < 4.78 is 2.00. The third-order valence-corrected chi connectivity index (χ3v) is 4.79. The van der Waals surface area contributed by atoms with Crippen molar-refractivity contribution in [1.82, 2.24) is 19.7 Å². The van der Waals surface area contributed by atoms with E-state index in [0.717, 1.165) is 48.3 Å². The second-order valence-electron chi connectivity index (χ2n) is 6.21. The SMILES string of the molecule is Cn1cnnc1C1CCN(c2c(C#N)cnc3ccccc23)CC1. The first kappa shape index (κ1) is 14.6. The maximum atomic E-state index is 9.51. The van der Waals surface area contributed by atoms with Gasteiger partial charge in [-0.25, -0.2) is 0 Å². The predicted molar refractivity (Wildman–Crippen MR) is 91.6 cm³/mol. The molecule has 0 atom stereocenters. The van der Waals surface area contributed by atoms with Crippen LogP contribution in [0.2, 0.25) is 0 Å². The Morgan fingerprint density at radius 2 is 2.00 bits per heavy atom. The first-order valence-electron chi connectivity index (χ1n) is 8.14. The van der Waals surface area contributed by atoms with E-state index in [2.05, 4.69) is 26.2 Å². The van der Waals surface area contributed by atoms with Crippen LogP contribution in [-0.2, 0) is 7.05 Å². The number of aryl methyl sites for hydroxylation is 1. The average Bonchev–Trinajstić information content (AvgIpc) is 3.07. The second kappa shape index (κ2) is 5.93. The summed E-state index contributed by atoms with van der Waals surface area (Å²) in [5.41, 5.74) is 2.59. The molecule has 0 spiro atoms. The molecule has 3 aromatic rings. The van der Waals surface area contributed by atoms with Crippen LogP contribution >= 0.6 is 0 Å². The van der Waals surface area contributed by atoms with Crippen LogP contribution in [0.15, 0.2) is 36.8 Å². The third kappa shape index (κ3) is 2.38. The molecule has 0 radical (unpaired) electrons. The Morgan fingerprint density at radius 3 is 2.71 bits per heavy atom. The van der Waals surface area contributed by atoms with Gasteiger partial charge in [0.25, 0.3) is 0 Å². The number of fused-ring (bicyclic) bond motifs is 1. The van der Waals surface area contributed by atoms with Crippen molar-refractivity contribution in [3.63, 3.8) is 0 Å². The summed E-state index contributed by atoms with van der Waals surface area (Å²) in [5.74, 6) is 1.47. The highest BCUT2D eigenvalue weighted by Gasteiger charge is 2.26. The van der Waals surface area contributed by atoms with Crippen molar-refractivity contribution in [3.05, 3.63) is 48.2 Å². The Bertz CT molecular complexity index is 915. The lowest BCUT2D eigenvalue weighted by molar-refractivity contribution is 0.474. The number of aromatic nitrogens is 4. The smallest absolute Gasteiger partial charge is 0.135 e.